The van der Waals surface area contributed by atoms with E-state index in [1.165, 1.54) is 0 Å². The molecule has 142 valence electrons. The number of rotatable bonds is 4. The van der Waals surface area contributed by atoms with Gasteiger partial charge in [-0.25, -0.2) is 4.79 Å². The summed E-state index contributed by atoms with van der Waals surface area (Å²) in [6, 6.07) is 6.75. The predicted molar refractivity (Wildman–Crippen MR) is 98.0 cm³/mol. The topological polar surface area (TPSA) is 109 Å². The third-order valence-electron chi connectivity index (χ3n) is 5.45. The van der Waals surface area contributed by atoms with Crippen LogP contribution < -0.4 is 11.1 Å². The standard InChI is InChI=1S/C19H22N4O4/c20-19(26)21-7-5-17(24)22-10-15-4-3-14(22)11-23(15)18(25)13-2-1-12-6-8-27-16(12)9-13/h1-2,6,8-9,14-15H,3-5,7,10-11H2,(H3,20,21,26). The Bertz CT molecular complexity index is 893. The molecule has 3 saturated heterocycles. The summed E-state index contributed by atoms with van der Waals surface area (Å²) in [4.78, 5) is 39.9. The zero-order valence-corrected chi connectivity index (χ0v) is 14.9. The van der Waals surface area contributed by atoms with Gasteiger partial charge in [0.2, 0.25) is 5.91 Å². The molecule has 5 rings (SSSR count). The SMILES string of the molecule is NC(=O)NCCC(=O)N1CC2CCC1CN2C(=O)c1ccc2ccoc2c1. The number of piperazine rings is 1. The highest BCUT2D eigenvalue weighted by molar-refractivity contribution is 5.98. The fraction of sp³-hybridized carbons (Fsp3) is 0.421. The van der Waals surface area contributed by atoms with Gasteiger partial charge in [0, 0.05) is 49.1 Å². The van der Waals surface area contributed by atoms with Gasteiger partial charge in [0.25, 0.3) is 5.91 Å². The van der Waals surface area contributed by atoms with Crippen LogP contribution in [0.15, 0.2) is 34.9 Å². The molecule has 1 aromatic carbocycles. The highest BCUT2D eigenvalue weighted by Crippen LogP contribution is 2.31. The molecule has 0 aliphatic carbocycles. The molecule has 4 heterocycles. The summed E-state index contributed by atoms with van der Waals surface area (Å²) in [5.74, 6) is -0.0342. The summed E-state index contributed by atoms with van der Waals surface area (Å²) >= 11 is 0. The Hall–Kier alpha value is -3.03. The van der Waals surface area contributed by atoms with E-state index >= 15 is 0 Å². The van der Waals surface area contributed by atoms with E-state index in [4.69, 9.17) is 10.2 Å². The molecule has 1 aromatic heterocycles. The number of hydrogen-bond donors (Lipinski definition) is 2. The average molecular weight is 370 g/mol. The summed E-state index contributed by atoms with van der Waals surface area (Å²) in [7, 11) is 0. The Morgan fingerprint density at radius 2 is 1.85 bits per heavy atom. The first-order valence-electron chi connectivity index (χ1n) is 9.14. The molecule has 0 saturated carbocycles. The minimum absolute atomic E-state index is 0.0115. The minimum atomic E-state index is -0.631. The van der Waals surface area contributed by atoms with Crippen LogP contribution in [0.5, 0.6) is 0 Å². The second kappa shape index (κ2) is 6.94. The Morgan fingerprint density at radius 3 is 2.56 bits per heavy atom. The first-order chi connectivity index (χ1) is 13.0. The fourth-order valence-electron chi connectivity index (χ4n) is 4.07. The first kappa shape index (κ1) is 17.4. The van der Waals surface area contributed by atoms with Gasteiger partial charge in [-0.2, -0.15) is 0 Å². The summed E-state index contributed by atoms with van der Waals surface area (Å²) in [6.45, 7) is 1.30. The Balaban J connectivity index is 1.43. The van der Waals surface area contributed by atoms with E-state index in [1.807, 2.05) is 28.0 Å². The fourth-order valence-corrected chi connectivity index (χ4v) is 4.07. The Morgan fingerprint density at radius 1 is 1.11 bits per heavy atom. The second-order valence-electron chi connectivity index (χ2n) is 7.10. The number of benzene rings is 1. The number of nitrogens with zero attached hydrogens (tertiary/aromatic N) is 2. The number of carbonyl (C=O) groups is 3. The maximum Gasteiger partial charge on any atom is 0.312 e. The lowest BCUT2D eigenvalue weighted by molar-refractivity contribution is -0.140. The first-order valence-corrected chi connectivity index (χ1v) is 9.14. The van der Waals surface area contributed by atoms with Crippen molar-refractivity contribution in [1.29, 1.82) is 0 Å². The van der Waals surface area contributed by atoms with Gasteiger partial charge >= 0.3 is 6.03 Å². The maximum absolute atomic E-state index is 13.0. The number of urea groups is 1. The quantitative estimate of drug-likeness (QED) is 0.845. The minimum Gasteiger partial charge on any atom is -0.464 e. The van der Waals surface area contributed by atoms with Crippen LogP contribution in [0.2, 0.25) is 0 Å². The largest absolute Gasteiger partial charge is 0.464 e. The van der Waals surface area contributed by atoms with Crippen LogP contribution in [0.3, 0.4) is 0 Å². The van der Waals surface area contributed by atoms with Crippen LogP contribution in [0, 0.1) is 0 Å². The molecular weight excluding hydrogens is 348 g/mol. The van der Waals surface area contributed by atoms with E-state index in [1.54, 1.807) is 12.3 Å². The van der Waals surface area contributed by atoms with Crippen LogP contribution in [0.1, 0.15) is 29.6 Å². The summed E-state index contributed by atoms with van der Waals surface area (Å²) < 4.78 is 5.40. The molecule has 27 heavy (non-hydrogen) atoms. The molecule has 2 unspecified atom stereocenters. The lowest BCUT2D eigenvalue weighted by atomic mass is 9.89. The molecule has 3 aliphatic rings. The van der Waals surface area contributed by atoms with Crippen molar-refractivity contribution in [2.45, 2.75) is 31.3 Å². The molecule has 3 aliphatic heterocycles. The van der Waals surface area contributed by atoms with Gasteiger partial charge in [-0.1, -0.05) is 6.07 Å². The number of amides is 4. The number of piperidine rings is 2. The van der Waals surface area contributed by atoms with Crippen LogP contribution in [0.4, 0.5) is 4.79 Å². The molecule has 3 N–H and O–H groups in total. The number of furan rings is 1. The smallest absolute Gasteiger partial charge is 0.312 e. The van der Waals surface area contributed by atoms with E-state index in [0.29, 0.717) is 24.2 Å². The molecule has 8 nitrogen and oxygen atoms in total. The highest BCUT2D eigenvalue weighted by Gasteiger charge is 2.42. The van der Waals surface area contributed by atoms with Gasteiger partial charge in [0.05, 0.1) is 6.26 Å². The molecule has 3 fully saturated rings. The van der Waals surface area contributed by atoms with Crippen LogP contribution in [0.25, 0.3) is 11.0 Å². The van der Waals surface area contributed by atoms with E-state index < -0.39 is 6.03 Å². The van der Waals surface area contributed by atoms with Crippen molar-refractivity contribution in [2.24, 2.45) is 5.73 Å². The molecule has 2 atom stereocenters. The number of carbonyl (C=O) groups excluding carboxylic acids is 3. The van der Waals surface area contributed by atoms with Crippen LogP contribution >= 0.6 is 0 Å². The molecule has 4 amide bonds. The predicted octanol–water partition coefficient (Wildman–Crippen LogP) is 1.31. The summed E-state index contributed by atoms with van der Waals surface area (Å²) in [6.07, 6.45) is 3.61. The molecule has 0 spiro atoms. The summed E-state index contributed by atoms with van der Waals surface area (Å²) in [5.41, 5.74) is 6.33. The lowest BCUT2D eigenvalue weighted by Crippen LogP contribution is -2.65. The van der Waals surface area contributed by atoms with E-state index in [2.05, 4.69) is 5.32 Å². The Kier molecular flexibility index (Phi) is 4.47. The van der Waals surface area contributed by atoms with Gasteiger partial charge in [-0.05, 0) is 31.0 Å². The van der Waals surface area contributed by atoms with E-state index in [-0.39, 0.29) is 36.9 Å². The van der Waals surface area contributed by atoms with Crippen LogP contribution in [-0.2, 0) is 4.79 Å². The molecule has 2 aromatic rings. The molecular formula is C19H22N4O4. The molecule has 0 radical (unpaired) electrons. The third-order valence-corrected chi connectivity index (χ3v) is 5.45. The van der Waals surface area contributed by atoms with E-state index in [0.717, 1.165) is 18.2 Å². The number of nitrogens with one attached hydrogen (secondary N) is 1. The van der Waals surface area contributed by atoms with Crippen molar-refractivity contribution in [3.8, 4) is 0 Å². The Labute approximate surface area is 156 Å². The van der Waals surface area contributed by atoms with Crippen molar-refractivity contribution in [1.82, 2.24) is 15.1 Å². The van der Waals surface area contributed by atoms with Gasteiger partial charge in [0.15, 0.2) is 0 Å². The lowest BCUT2D eigenvalue weighted by Gasteiger charge is -2.51. The van der Waals surface area contributed by atoms with Gasteiger partial charge < -0.3 is 25.3 Å². The van der Waals surface area contributed by atoms with Crippen molar-refractivity contribution >= 4 is 28.8 Å². The zero-order valence-electron chi connectivity index (χ0n) is 14.9. The van der Waals surface area contributed by atoms with E-state index in [9.17, 15) is 14.4 Å². The molecule has 2 bridgehead atoms. The summed E-state index contributed by atoms with van der Waals surface area (Å²) in [5, 5.41) is 3.40. The number of primary amides is 1. The third kappa shape index (κ3) is 3.34. The van der Waals surface area contributed by atoms with Gasteiger partial charge in [-0.15, -0.1) is 0 Å². The second-order valence-corrected chi connectivity index (χ2v) is 7.10. The van der Waals surface area contributed by atoms with Crippen molar-refractivity contribution in [3.63, 3.8) is 0 Å². The highest BCUT2D eigenvalue weighted by atomic mass is 16.3. The molecule has 8 heteroatoms. The van der Waals surface area contributed by atoms with Crippen LogP contribution in [-0.4, -0.2) is 59.4 Å². The number of nitrogens with two attached hydrogens (primary N) is 1. The number of fused-ring (bicyclic) bond motifs is 4. The van der Waals surface area contributed by atoms with Crippen molar-refractivity contribution in [2.75, 3.05) is 19.6 Å². The zero-order chi connectivity index (χ0) is 19.0. The van der Waals surface area contributed by atoms with Gasteiger partial charge in [-0.3, -0.25) is 9.59 Å². The van der Waals surface area contributed by atoms with Gasteiger partial charge in [0.1, 0.15) is 5.58 Å². The average Bonchev–Trinajstić information content (AvgIpc) is 3.15. The maximum atomic E-state index is 13.0. The monoisotopic (exact) mass is 370 g/mol. The van der Waals surface area contributed by atoms with Crippen molar-refractivity contribution < 1.29 is 18.8 Å². The number of hydrogen-bond acceptors (Lipinski definition) is 4. The van der Waals surface area contributed by atoms with Crippen molar-refractivity contribution in [3.05, 3.63) is 36.1 Å². The normalized spacial score (nSPS) is 21.5.